The number of hydrogen-bond acceptors (Lipinski definition) is 2. The minimum Gasteiger partial charge on any atom is -0.379 e. The van der Waals surface area contributed by atoms with E-state index in [9.17, 15) is 0 Å². The van der Waals surface area contributed by atoms with E-state index in [0.29, 0.717) is 6.04 Å². The Morgan fingerprint density at radius 1 is 1.31 bits per heavy atom. The first kappa shape index (κ1) is 12.9. The van der Waals surface area contributed by atoms with Crippen molar-refractivity contribution < 1.29 is 4.74 Å². The fraction of sp³-hybridized carbons (Fsp3) is 1.00. The van der Waals surface area contributed by atoms with Crippen LogP contribution in [0.3, 0.4) is 0 Å². The lowest BCUT2D eigenvalue weighted by molar-refractivity contribution is 0.00607. The molecule has 0 rings (SSSR count). The molecule has 0 saturated carbocycles. The van der Waals surface area contributed by atoms with Crippen LogP contribution < -0.4 is 5.32 Å². The number of rotatable bonds is 6. The summed E-state index contributed by atoms with van der Waals surface area (Å²) in [5.41, 5.74) is -0.0113. The molecule has 0 aliphatic carbocycles. The van der Waals surface area contributed by atoms with Crippen LogP contribution in [0.4, 0.5) is 0 Å². The Bertz CT molecular complexity index is 132. The van der Waals surface area contributed by atoms with Gasteiger partial charge in [0.25, 0.3) is 0 Å². The van der Waals surface area contributed by atoms with Gasteiger partial charge in [0.1, 0.15) is 0 Å². The minimum atomic E-state index is -0.0113. The molecule has 0 aromatic carbocycles. The van der Waals surface area contributed by atoms with Gasteiger partial charge in [-0.1, -0.05) is 13.8 Å². The van der Waals surface area contributed by atoms with Crippen molar-refractivity contribution in [1.29, 1.82) is 0 Å². The summed E-state index contributed by atoms with van der Waals surface area (Å²) in [6.45, 7) is 8.78. The van der Waals surface area contributed by atoms with E-state index in [0.717, 1.165) is 12.3 Å². The fourth-order valence-corrected chi connectivity index (χ4v) is 1.55. The lowest BCUT2D eigenvalue weighted by Crippen LogP contribution is -2.36. The highest BCUT2D eigenvalue weighted by Gasteiger charge is 2.22. The van der Waals surface area contributed by atoms with Crippen molar-refractivity contribution in [2.75, 3.05) is 14.2 Å². The summed E-state index contributed by atoms with van der Waals surface area (Å²) in [5.74, 6) is 0.741. The molecule has 1 N–H and O–H groups in total. The topological polar surface area (TPSA) is 21.3 Å². The number of nitrogens with one attached hydrogen (secondary N) is 1. The molecular weight excluding hydrogens is 162 g/mol. The van der Waals surface area contributed by atoms with Crippen LogP contribution in [-0.2, 0) is 4.74 Å². The van der Waals surface area contributed by atoms with Gasteiger partial charge in [0.05, 0.1) is 5.60 Å². The van der Waals surface area contributed by atoms with Gasteiger partial charge in [0.2, 0.25) is 0 Å². The van der Waals surface area contributed by atoms with Crippen LogP contribution in [0.15, 0.2) is 0 Å². The lowest BCUT2D eigenvalue weighted by atomic mass is 9.93. The SMILES string of the molecule is CNC(CC(C)C)CC(C)(C)OC. The van der Waals surface area contributed by atoms with E-state index in [2.05, 4.69) is 33.0 Å². The third-order valence-electron chi connectivity index (χ3n) is 2.45. The van der Waals surface area contributed by atoms with Gasteiger partial charge in [0.15, 0.2) is 0 Å². The normalized spacial score (nSPS) is 15.0. The second-order valence-electron chi connectivity index (χ2n) is 4.78. The molecule has 0 spiro atoms. The Morgan fingerprint density at radius 2 is 1.85 bits per heavy atom. The number of hydrogen-bond donors (Lipinski definition) is 1. The smallest absolute Gasteiger partial charge is 0.0637 e. The molecule has 0 bridgehead atoms. The van der Waals surface area contributed by atoms with Gasteiger partial charge in [0, 0.05) is 13.2 Å². The lowest BCUT2D eigenvalue weighted by Gasteiger charge is -2.29. The van der Waals surface area contributed by atoms with Gasteiger partial charge in [-0.2, -0.15) is 0 Å². The van der Waals surface area contributed by atoms with E-state index in [-0.39, 0.29) is 5.60 Å². The zero-order chi connectivity index (χ0) is 10.5. The summed E-state index contributed by atoms with van der Waals surface area (Å²) in [4.78, 5) is 0. The summed E-state index contributed by atoms with van der Waals surface area (Å²) >= 11 is 0. The first-order valence-electron chi connectivity index (χ1n) is 5.13. The monoisotopic (exact) mass is 187 g/mol. The average Bonchev–Trinajstić information content (AvgIpc) is 2.02. The summed E-state index contributed by atoms with van der Waals surface area (Å²) in [6.07, 6.45) is 2.28. The van der Waals surface area contributed by atoms with Gasteiger partial charge in [-0.15, -0.1) is 0 Å². The van der Waals surface area contributed by atoms with E-state index in [4.69, 9.17) is 4.74 Å². The molecule has 0 radical (unpaired) electrons. The van der Waals surface area contributed by atoms with Crippen molar-refractivity contribution in [2.45, 2.75) is 52.2 Å². The van der Waals surface area contributed by atoms with Crippen molar-refractivity contribution in [3.8, 4) is 0 Å². The van der Waals surface area contributed by atoms with Gasteiger partial charge < -0.3 is 10.1 Å². The molecule has 2 heteroatoms. The minimum absolute atomic E-state index is 0.0113. The van der Waals surface area contributed by atoms with Gasteiger partial charge in [-0.3, -0.25) is 0 Å². The Balaban J connectivity index is 3.97. The third kappa shape index (κ3) is 6.05. The zero-order valence-electron chi connectivity index (χ0n) is 9.98. The standard InChI is InChI=1S/C11H25NO/c1-9(2)7-10(12-5)8-11(3,4)13-6/h9-10,12H,7-8H2,1-6H3. The summed E-state index contributed by atoms with van der Waals surface area (Å²) in [6, 6.07) is 0.565. The van der Waals surface area contributed by atoms with Crippen LogP contribution in [0.25, 0.3) is 0 Å². The Morgan fingerprint density at radius 3 is 2.15 bits per heavy atom. The molecule has 0 amide bonds. The molecule has 0 heterocycles. The van der Waals surface area contributed by atoms with E-state index in [1.54, 1.807) is 7.11 Å². The molecule has 0 aromatic rings. The Hall–Kier alpha value is -0.0800. The number of ether oxygens (including phenoxy) is 1. The molecule has 1 unspecified atom stereocenters. The first-order valence-corrected chi connectivity index (χ1v) is 5.13. The predicted octanol–water partition coefficient (Wildman–Crippen LogP) is 2.44. The second kappa shape index (κ2) is 5.61. The summed E-state index contributed by atoms with van der Waals surface area (Å²) in [5, 5.41) is 3.34. The van der Waals surface area contributed by atoms with Crippen LogP contribution in [0.2, 0.25) is 0 Å². The van der Waals surface area contributed by atoms with Crippen molar-refractivity contribution in [1.82, 2.24) is 5.32 Å². The third-order valence-corrected chi connectivity index (χ3v) is 2.45. The van der Waals surface area contributed by atoms with Crippen LogP contribution in [-0.4, -0.2) is 25.8 Å². The molecule has 80 valence electrons. The van der Waals surface area contributed by atoms with Crippen LogP contribution in [0, 0.1) is 5.92 Å². The van der Waals surface area contributed by atoms with Gasteiger partial charge >= 0.3 is 0 Å². The molecule has 0 aromatic heterocycles. The van der Waals surface area contributed by atoms with E-state index >= 15 is 0 Å². The van der Waals surface area contributed by atoms with Crippen LogP contribution in [0.5, 0.6) is 0 Å². The zero-order valence-corrected chi connectivity index (χ0v) is 9.98. The van der Waals surface area contributed by atoms with Gasteiger partial charge in [-0.25, -0.2) is 0 Å². The largest absolute Gasteiger partial charge is 0.379 e. The molecule has 0 aliphatic rings. The average molecular weight is 187 g/mol. The van der Waals surface area contributed by atoms with Crippen molar-refractivity contribution in [2.24, 2.45) is 5.92 Å². The quantitative estimate of drug-likeness (QED) is 0.689. The van der Waals surface area contributed by atoms with Gasteiger partial charge in [-0.05, 0) is 39.7 Å². The number of methoxy groups -OCH3 is 1. The molecule has 13 heavy (non-hydrogen) atoms. The fourth-order valence-electron chi connectivity index (χ4n) is 1.55. The van der Waals surface area contributed by atoms with Crippen molar-refractivity contribution in [3.05, 3.63) is 0 Å². The maximum atomic E-state index is 5.41. The van der Waals surface area contributed by atoms with E-state index in [1.165, 1.54) is 6.42 Å². The first-order chi connectivity index (χ1) is 5.91. The Kier molecular flexibility index (Phi) is 5.57. The molecule has 0 fully saturated rings. The predicted molar refractivity (Wildman–Crippen MR) is 58.0 cm³/mol. The molecular formula is C11H25NO. The maximum absolute atomic E-state index is 5.41. The van der Waals surface area contributed by atoms with Crippen molar-refractivity contribution in [3.63, 3.8) is 0 Å². The molecule has 2 nitrogen and oxygen atoms in total. The van der Waals surface area contributed by atoms with Crippen LogP contribution in [0.1, 0.15) is 40.5 Å². The second-order valence-corrected chi connectivity index (χ2v) is 4.78. The molecule has 0 saturated heterocycles. The maximum Gasteiger partial charge on any atom is 0.0637 e. The van der Waals surface area contributed by atoms with Crippen LogP contribution >= 0.6 is 0 Å². The highest BCUT2D eigenvalue weighted by atomic mass is 16.5. The molecule has 1 atom stereocenters. The van der Waals surface area contributed by atoms with E-state index in [1.807, 2.05) is 7.05 Å². The molecule has 0 aliphatic heterocycles. The summed E-state index contributed by atoms with van der Waals surface area (Å²) < 4.78 is 5.41. The van der Waals surface area contributed by atoms with E-state index < -0.39 is 0 Å². The van der Waals surface area contributed by atoms with Crippen molar-refractivity contribution >= 4 is 0 Å². The Labute approximate surface area is 83.1 Å². The highest BCUT2D eigenvalue weighted by Crippen LogP contribution is 2.19. The highest BCUT2D eigenvalue weighted by molar-refractivity contribution is 4.78. The summed E-state index contributed by atoms with van der Waals surface area (Å²) in [7, 11) is 3.81.